The molecule has 5 heteroatoms. The summed E-state index contributed by atoms with van der Waals surface area (Å²) in [7, 11) is 1.94. The molecule has 1 aromatic rings. The Labute approximate surface area is 122 Å². The minimum Gasteiger partial charge on any atom is -0.364 e. The van der Waals surface area contributed by atoms with Crippen LogP contribution in [-0.2, 0) is 4.79 Å². The van der Waals surface area contributed by atoms with Gasteiger partial charge in [0.1, 0.15) is 0 Å². The molecule has 4 nitrogen and oxygen atoms in total. The van der Waals surface area contributed by atoms with E-state index in [0.717, 1.165) is 15.8 Å². The number of carbonyl (C=O) groups is 1. The molecule has 1 aliphatic heterocycles. The van der Waals surface area contributed by atoms with Gasteiger partial charge in [0, 0.05) is 18.1 Å². The third kappa shape index (κ3) is 2.92. The highest BCUT2D eigenvalue weighted by atomic mass is 79.9. The van der Waals surface area contributed by atoms with Gasteiger partial charge in [0.15, 0.2) is 0 Å². The van der Waals surface area contributed by atoms with Gasteiger partial charge in [0.2, 0.25) is 5.91 Å². The number of anilines is 2. The normalized spacial score (nSPS) is 15.7. The highest BCUT2D eigenvalue weighted by Gasteiger charge is 2.31. The summed E-state index contributed by atoms with van der Waals surface area (Å²) in [4.78, 5) is 16.1. The van der Waals surface area contributed by atoms with Crippen molar-refractivity contribution in [2.75, 3.05) is 36.5 Å². The topological polar surface area (TPSA) is 49.6 Å². The summed E-state index contributed by atoms with van der Waals surface area (Å²) in [5, 5.41) is 0. The lowest BCUT2D eigenvalue weighted by atomic mass is 9.92. The van der Waals surface area contributed by atoms with E-state index in [9.17, 15) is 4.79 Å². The van der Waals surface area contributed by atoms with Gasteiger partial charge in [0.05, 0.1) is 17.9 Å². The van der Waals surface area contributed by atoms with Crippen molar-refractivity contribution in [2.24, 2.45) is 11.1 Å². The van der Waals surface area contributed by atoms with Gasteiger partial charge in [-0.15, -0.1) is 0 Å². The number of nitrogens with two attached hydrogens (primary N) is 1. The molecule has 0 bridgehead atoms. The molecule has 2 rings (SSSR count). The van der Waals surface area contributed by atoms with E-state index < -0.39 is 0 Å². The molecule has 1 heterocycles. The van der Waals surface area contributed by atoms with Crippen molar-refractivity contribution in [1.29, 1.82) is 0 Å². The first-order valence-corrected chi connectivity index (χ1v) is 7.14. The van der Waals surface area contributed by atoms with Crippen molar-refractivity contribution in [3.63, 3.8) is 0 Å². The summed E-state index contributed by atoms with van der Waals surface area (Å²) < 4.78 is 0.977. The minimum absolute atomic E-state index is 0.0921. The number of nitrogens with zero attached hydrogens (tertiary/aromatic N) is 2. The molecule has 0 radical (unpaired) electrons. The fraction of sp³-hybridized carbons (Fsp3) is 0.500. The Balaban J connectivity index is 2.42. The van der Waals surface area contributed by atoms with Crippen LogP contribution in [0.3, 0.4) is 0 Å². The van der Waals surface area contributed by atoms with Gasteiger partial charge in [0.25, 0.3) is 0 Å². The molecule has 19 heavy (non-hydrogen) atoms. The smallest absolute Gasteiger partial charge is 0.246 e. The van der Waals surface area contributed by atoms with Crippen LogP contribution < -0.4 is 15.5 Å². The third-order valence-corrected chi connectivity index (χ3v) is 3.94. The van der Waals surface area contributed by atoms with Crippen LogP contribution >= 0.6 is 15.9 Å². The number of halogens is 1. The molecule has 0 aliphatic carbocycles. The van der Waals surface area contributed by atoms with Crippen molar-refractivity contribution in [3.8, 4) is 0 Å². The predicted octanol–water partition coefficient (Wildman–Crippen LogP) is 2.22. The Morgan fingerprint density at radius 2 is 2.05 bits per heavy atom. The lowest BCUT2D eigenvalue weighted by Crippen LogP contribution is -2.49. The van der Waals surface area contributed by atoms with Gasteiger partial charge in [-0.25, -0.2) is 0 Å². The van der Waals surface area contributed by atoms with Crippen molar-refractivity contribution >= 4 is 33.2 Å². The molecule has 1 amide bonds. The molecule has 0 unspecified atom stereocenters. The predicted molar refractivity (Wildman–Crippen MR) is 82.6 cm³/mol. The molecule has 0 atom stereocenters. The first-order chi connectivity index (χ1) is 8.84. The van der Waals surface area contributed by atoms with Crippen LogP contribution in [0.2, 0.25) is 0 Å². The van der Waals surface area contributed by atoms with Gasteiger partial charge in [-0.2, -0.15) is 0 Å². The zero-order valence-corrected chi connectivity index (χ0v) is 13.2. The Bertz CT molecular complexity index is 501. The van der Waals surface area contributed by atoms with Crippen LogP contribution in [-0.4, -0.2) is 32.6 Å². The average molecular weight is 326 g/mol. The third-order valence-electron chi connectivity index (χ3n) is 3.45. The first-order valence-electron chi connectivity index (χ1n) is 6.35. The van der Waals surface area contributed by atoms with Crippen LogP contribution in [0.1, 0.15) is 13.8 Å². The van der Waals surface area contributed by atoms with E-state index in [1.807, 2.05) is 35.0 Å². The van der Waals surface area contributed by atoms with E-state index in [0.29, 0.717) is 19.6 Å². The number of hydrogen-bond donors (Lipinski definition) is 1. The van der Waals surface area contributed by atoms with Gasteiger partial charge in [-0.1, -0.05) is 29.8 Å². The van der Waals surface area contributed by atoms with Crippen LogP contribution in [0.4, 0.5) is 11.4 Å². The lowest BCUT2D eigenvalue weighted by molar-refractivity contribution is -0.117. The van der Waals surface area contributed by atoms with Crippen molar-refractivity contribution in [3.05, 3.63) is 22.7 Å². The van der Waals surface area contributed by atoms with E-state index in [-0.39, 0.29) is 11.3 Å². The molecule has 1 aromatic carbocycles. The van der Waals surface area contributed by atoms with E-state index >= 15 is 0 Å². The molecular formula is C14H20BrN3O. The van der Waals surface area contributed by atoms with Gasteiger partial charge in [-0.05, 0) is 30.2 Å². The SMILES string of the molecule is CN1CC(=O)N(CC(C)(C)CN)c2cc(Br)ccc21. The second-order valence-corrected chi connectivity index (χ2v) is 6.75. The quantitative estimate of drug-likeness (QED) is 0.927. The molecule has 0 saturated carbocycles. The van der Waals surface area contributed by atoms with Crippen molar-refractivity contribution in [1.82, 2.24) is 0 Å². The zero-order valence-electron chi connectivity index (χ0n) is 11.6. The number of likely N-dealkylation sites (N-methyl/N-ethyl adjacent to an activating group) is 1. The maximum atomic E-state index is 12.3. The molecule has 0 aromatic heterocycles. The van der Waals surface area contributed by atoms with E-state index in [1.54, 1.807) is 0 Å². The second kappa shape index (κ2) is 5.13. The highest BCUT2D eigenvalue weighted by Crippen LogP contribution is 2.36. The fourth-order valence-electron chi connectivity index (χ4n) is 2.21. The van der Waals surface area contributed by atoms with E-state index in [2.05, 4.69) is 29.8 Å². The van der Waals surface area contributed by atoms with E-state index in [4.69, 9.17) is 5.73 Å². The highest BCUT2D eigenvalue weighted by molar-refractivity contribution is 9.10. The summed E-state index contributed by atoms with van der Waals surface area (Å²) in [6.45, 7) is 5.76. The molecular weight excluding hydrogens is 306 g/mol. The van der Waals surface area contributed by atoms with Crippen LogP contribution in [0, 0.1) is 5.41 Å². The number of benzene rings is 1. The zero-order chi connectivity index (χ0) is 14.2. The summed E-state index contributed by atoms with van der Waals surface area (Å²) in [5.74, 6) is 0.120. The number of hydrogen-bond acceptors (Lipinski definition) is 3. The number of carbonyl (C=O) groups excluding carboxylic acids is 1. The molecule has 1 aliphatic rings. The maximum Gasteiger partial charge on any atom is 0.246 e. The first kappa shape index (κ1) is 14.3. The largest absolute Gasteiger partial charge is 0.364 e. The van der Waals surface area contributed by atoms with Crippen molar-refractivity contribution in [2.45, 2.75) is 13.8 Å². The average Bonchev–Trinajstić information content (AvgIpc) is 2.34. The summed E-state index contributed by atoms with van der Waals surface area (Å²) in [5.41, 5.74) is 7.73. The Morgan fingerprint density at radius 3 is 2.68 bits per heavy atom. The molecule has 0 spiro atoms. The standard InChI is InChI=1S/C14H20BrN3O/c1-14(2,8-16)9-18-12-6-10(15)4-5-11(12)17(3)7-13(18)19/h4-6H,7-9,16H2,1-3H3. The number of fused-ring (bicyclic) bond motifs is 1. The monoisotopic (exact) mass is 325 g/mol. The summed E-state index contributed by atoms with van der Waals surface area (Å²) >= 11 is 3.47. The van der Waals surface area contributed by atoms with Gasteiger partial charge >= 0.3 is 0 Å². The van der Waals surface area contributed by atoms with Crippen molar-refractivity contribution < 1.29 is 4.79 Å². The Morgan fingerprint density at radius 1 is 1.37 bits per heavy atom. The molecule has 2 N–H and O–H groups in total. The van der Waals surface area contributed by atoms with Gasteiger partial charge in [-0.3, -0.25) is 4.79 Å². The molecule has 0 saturated heterocycles. The van der Waals surface area contributed by atoms with Crippen LogP contribution in [0.5, 0.6) is 0 Å². The van der Waals surface area contributed by atoms with E-state index in [1.165, 1.54) is 0 Å². The van der Waals surface area contributed by atoms with Gasteiger partial charge < -0.3 is 15.5 Å². The lowest BCUT2D eigenvalue weighted by Gasteiger charge is -2.39. The summed E-state index contributed by atoms with van der Waals surface area (Å²) in [6, 6.07) is 6.03. The van der Waals surface area contributed by atoms with Crippen LogP contribution in [0.25, 0.3) is 0 Å². The summed E-state index contributed by atoms with van der Waals surface area (Å²) in [6.07, 6.45) is 0. The van der Waals surface area contributed by atoms with Crippen LogP contribution in [0.15, 0.2) is 22.7 Å². The number of amides is 1. The molecule has 0 fully saturated rings. The Kier molecular flexibility index (Phi) is 3.87. The Hall–Kier alpha value is -1.07. The fourth-order valence-corrected chi connectivity index (χ4v) is 2.56. The molecule has 104 valence electrons. The minimum atomic E-state index is -0.0921. The number of rotatable bonds is 3. The second-order valence-electron chi connectivity index (χ2n) is 5.84. The maximum absolute atomic E-state index is 12.3.